The van der Waals surface area contributed by atoms with Gasteiger partial charge < -0.3 is 19.6 Å². The molecule has 0 aromatic heterocycles. The fourth-order valence-corrected chi connectivity index (χ4v) is 1.55. The molecule has 0 fully saturated rings. The van der Waals surface area contributed by atoms with Crippen molar-refractivity contribution in [2.45, 2.75) is 19.8 Å². The topological polar surface area (TPSA) is 47.6 Å². The van der Waals surface area contributed by atoms with Crippen molar-refractivity contribution >= 4 is 12.0 Å². The maximum Gasteiger partial charge on any atom is 0.163 e. The van der Waals surface area contributed by atoms with Crippen molar-refractivity contribution in [3.05, 3.63) is 17.7 Å². The van der Waals surface area contributed by atoms with E-state index in [4.69, 9.17) is 9.47 Å². The summed E-state index contributed by atoms with van der Waals surface area (Å²) in [6.45, 7) is 2.52. The standard InChI is InChI=1S/C13H19NO3/c1-10-8-12(16-3)13(9-11(10)14-2)17-7-5-4-6-15/h6,8-9,14H,4-5,7H2,1-3H3. The van der Waals surface area contributed by atoms with Crippen LogP contribution in [0.3, 0.4) is 0 Å². The van der Waals surface area contributed by atoms with Crippen LogP contribution in [0.25, 0.3) is 0 Å². The van der Waals surface area contributed by atoms with Gasteiger partial charge in [0.2, 0.25) is 0 Å². The van der Waals surface area contributed by atoms with Crippen molar-refractivity contribution in [3.63, 3.8) is 0 Å². The summed E-state index contributed by atoms with van der Waals surface area (Å²) in [5.41, 5.74) is 2.11. The highest BCUT2D eigenvalue weighted by Gasteiger charge is 2.08. The minimum absolute atomic E-state index is 0.515. The van der Waals surface area contributed by atoms with Crippen LogP contribution in [0.2, 0.25) is 0 Å². The summed E-state index contributed by atoms with van der Waals surface area (Å²) in [6.07, 6.45) is 2.14. The second-order valence-corrected chi connectivity index (χ2v) is 3.73. The Morgan fingerprint density at radius 3 is 2.71 bits per heavy atom. The van der Waals surface area contributed by atoms with E-state index >= 15 is 0 Å². The third-order valence-corrected chi connectivity index (χ3v) is 2.50. The number of nitrogens with one attached hydrogen (secondary N) is 1. The number of rotatable bonds is 7. The Labute approximate surface area is 102 Å². The van der Waals surface area contributed by atoms with Gasteiger partial charge in [-0.2, -0.15) is 0 Å². The molecule has 1 rings (SSSR count). The number of methoxy groups -OCH3 is 1. The van der Waals surface area contributed by atoms with Crippen molar-refractivity contribution < 1.29 is 14.3 Å². The normalized spacial score (nSPS) is 9.82. The van der Waals surface area contributed by atoms with Crippen LogP contribution in [0, 0.1) is 6.92 Å². The number of aryl methyl sites for hydroxylation is 1. The summed E-state index contributed by atoms with van der Waals surface area (Å²) in [5, 5.41) is 3.10. The van der Waals surface area contributed by atoms with E-state index in [1.54, 1.807) is 7.11 Å². The molecule has 0 unspecified atom stereocenters. The molecule has 1 aromatic rings. The first-order valence-corrected chi connectivity index (χ1v) is 5.65. The fraction of sp³-hybridized carbons (Fsp3) is 0.462. The quantitative estimate of drug-likeness (QED) is 0.584. The molecule has 0 amide bonds. The Morgan fingerprint density at radius 1 is 1.35 bits per heavy atom. The van der Waals surface area contributed by atoms with Crippen molar-refractivity contribution in [1.82, 2.24) is 0 Å². The first-order chi connectivity index (χ1) is 8.22. The molecule has 0 radical (unpaired) electrons. The predicted octanol–water partition coefficient (Wildman–Crippen LogP) is 2.40. The molecule has 0 spiro atoms. The van der Waals surface area contributed by atoms with Crippen molar-refractivity contribution in [3.8, 4) is 11.5 Å². The third-order valence-electron chi connectivity index (χ3n) is 2.50. The van der Waals surface area contributed by atoms with E-state index in [0.29, 0.717) is 24.5 Å². The van der Waals surface area contributed by atoms with Gasteiger partial charge in [0.1, 0.15) is 6.29 Å². The molecule has 17 heavy (non-hydrogen) atoms. The lowest BCUT2D eigenvalue weighted by Gasteiger charge is -2.14. The summed E-state index contributed by atoms with van der Waals surface area (Å²) < 4.78 is 10.9. The van der Waals surface area contributed by atoms with Crippen LogP contribution < -0.4 is 14.8 Å². The van der Waals surface area contributed by atoms with Gasteiger partial charge in [0, 0.05) is 25.2 Å². The summed E-state index contributed by atoms with van der Waals surface area (Å²) >= 11 is 0. The molecule has 4 nitrogen and oxygen atoms in total. The molecule has 0 heterocycles. The molecule has 0 aliphatic rings. The predicted molar refractivity (Wildman–Crippen MR) is 68.1 cm³/mol. The first kappa shape index (κ1) is 13.4. The van der Waals surface area contributed by atoms with E-state index in [9.17, 15) is 4.79 Å². The smallest absolute Gasteiger partial charge is 0.163 e. The zero-order valence-corrected chi connectivity index (χ0v) is 10.6. The highest BCUT2D eigenvalue weighted by molar-refractivity contribution is 5.59. The van der Waals surface area contributed by atoms with Gasteiger partial charge in [-0.05, 0) is 25.0 Å². The van der Waals surface area contributed by atoms with Crippen molar-refractivity contribution in [2.75, 3.05) is 26.1 Å². The van der Waals surface area contributed by atoms with Crippen molar-refractivity contribution in [2.24, 2.45) is 0 Å². The zero-order chi connectivity index (χ0) is 12.7. The molecule has 0 bridgehead atoms. The van der Waals surface area contributed by atoms with E-state index in [1.165, 1.54) is 0 Å². The van der Waals surface area contributed by atoms with Crippen LogP contribution in [0.1, 0.15) is 18.4 Å². The van der Waals surface area contributed by atoms with E-state index in [0.717, 1.165) is 24.0 Å². The van der Waals surface area contributed by atoms with E-state index in [-0.39, 0.29) is 0 Å². The molecular weight excluding hydrogens is 218 g/mol. The highest BCUT2D eigenvalue weighted by Crippen LogP contribution is 2.33. The number of unbranched alkanes of at least 4 members (excludes halogenated alkanes) is 1. The first-order valence-electron chi connectivity index (χ1n) is 5.65. The van der Waals surface area contributed by atoms with E-state index in [1.807, 2.05) is 26.1 Å². The van der Waals surface area contributed by atoms with Gasteiger partial charge in [0.25, 0.3) is 0 Å². The van der Waals surface area contributed by atoms with Crippen LogP contribution in [0.4, 0.5) is 5.69 Å². The van der Waals surface area contributed by atoms with Gasteiger partial charge in [-0.25, -0.2) is 0 Å². The molecule has 4 heteroatoms. The van der Waals surface area contributed by atoms with Crippen LogP contribution in [-0.4, -0.2) is 27.1 Å². The monoisotopic (exact) mass is 237 g/mol. The number of ether oxygens (including phenoxy) is 2. The lowest BCUT2D eigenvalue weighted by Crippen LogP contribution is -2.01. The Kier molecular flexibility index (Phi) is 5.33. The number of hydrogen-bond acceptors (Lipinski definition) is 4. The Bertz CT molecular complexity index is 377. The SMILES string of the molecule is CNc1cc(OCCCC=O)c(OC)cc1C. The van der Waals surface area contributed by atoms with Gasteiger partial charge in [0.05, 0.1) is 13.7 Å². The zero-order valence-electron chi connectivity index (χ0n) is 10.6. The lowest BCUT2D eigenvalue weighted by atomic mass is 10.1. The number of carbonyl (C=O) groups is 1. The van der Waals surface area contributed by atoms with Crippen LogP contribution >= 0.6 is 0 Å². The Balaban J connectivity index is 2.77. The molecule has 0 aliphatic carbocycles. The summed E-state index contributed by atoms with van der Waals surface area (Å²) in [7, 11) is 3.48. The Morgan fingerprint density at radius 2 is 2.12 bits per heavy atom. The summed E-state index contributed by atoms with van der Waals surface area (Å²) in [4.78, 5) is 10.2. The number of carbonyl (C=O) groups excluding carboxylic acids is 1. The molecule has 1 N–H and O–H groups in total. The number of anilines is 1. The van der Waals surface area contributed by atoms with Gasteiger partial charge in [0.15, 0.2) is 11.5 Å². The van der Waals surface area contributed by atoms with Crippen LogP contribution in [0.5, 0.6) is 11.5 Å². The minimum atomic E-state index is 0.515. The van der Waals surface area contributed by atoms with Crippen molar-refractivity contribution in [1.29, 1.82) is 0 Å². The fourth-order valence-electron chi connectivity index (χ4n) is 1.55. The average Bonchev–Trinajstić information content (AvgIpc) is 2.35. The molecule has 1 aromatic carbocycles. The lowest BCUT2D eigenvalue weighted by molar-refractivity contribution is -0.108. The van der Waals surface area contributed by atoms with Gasteiger partial charge in [-0.15, -0.1) is 0 Å². The number of aldehydes is 1. The minimum Gasteiger partial charge on any atom is -0.493 e. The second-order valence-electron chi connectivity index (χ2n) is 3.73. The largest absolute Gasteiger partial charge is 0.493 e. The van der Waals surface area contributed by atoms with Crippen LogP contribution in [-0.2, 0) is 4.79 Å². The van der Waals surface area contributed by atoms with Gasteiger partial charge in [-0.3, -0.25) is 0 Å². The number of benzene rings is 1. The molecule has 0 aliphatic heterocycles. The molecule has 94 valence electrons. The molecular formula is C13H19NO3. The highest BCUT2D eigenvalue weighted by atomic mass is 16.5. The average molecular weight is 237 g/mol. The summed E-state index contributed by atoms with van der Waals surface area (Å²) in [6, 6.07) is 3.84. The number of hydrogen-bond donors (Lipinski definition) is 1. The maximum atomic E-state index is 10.2. The maximum absolute atomic E-state index is 10.2. The molecule has 0 saturated carbocycles. The van der Waals surface area contributed by atoms with Crippen LogP contribution in [0.15, 0.2) is 12.1 Å². The molecule has 0 saturated heterocycles. The van der Waals surface area contributed by atoms with E-state index < -0.39 is 0 Å². The Hall–Kier alpha value is -1.71. The van der Waals surface area contributed by atoms with Gasteiger partial charge in [-0.1, -0.05) is 0 Å². The van der Waals surface area contributed by atoms with E-state index in [2.05, 4.69) is 5.32 Å². The van der Waals surface area contributed by atoms with Gasteiger partial charge >= 0.3 is 0 Å². The second kappa shape index (κ2) is 6.78. The molecule has 0 atom stereocenters. The third kappa shape index (κ3) is 3.66. The summed E-state index contributed by atoms with van der Waals surface area (Å²) in [5.74, 6) is 1.42.